The van der Waals surface area contributed by atoms with E-state index in [1.54, 1.807) is 0 Å². The van der Waals surface area contributed by atoms with E-state index in [4.69, 9.17) is 0 Å². The third-order valence-corrected chi connectivity index (χ3v) is 4.77. The first-order chi connectivity index (χ1) is 8.88. The fourth-order valence-corrected chi connectivity index (χ4v) is 3.47. The summed E-state index contributed by atoms with van der Waals surface area (Å²) in [6.07, 6.45) is 14.0. The second kappa shape index (κ2) is 8.12. The van der Waals surface area contributed by atoms with Gasteiger partial charge in [-0.25, -0.2) is 0 Å². The van der Waals surface area contributed by atoms with Crippen molar-refractivity contribution in [3.8, 4) is 0 Å². The highest BCUT2D eigenvalue weighted by Crippen LogP contribution is 2.33. The lowest BCUT2D eigenvalue weighted by Crippen LogP contribution is -2.12. The van der Waals surface area contributed by atoms with Crippen LogP contribution in [0.5, 0.6) is 0 Å². The molecule has 0 heteroatoms. The van der Waals surface area contributed by atoms with Gasteiger partial charge in [0.15, 0.2) is 0 Å². The van der Waals surface area contributed by atoms with Crippen LogP contribution in [-0.2, 0) is 0 Å². The second-order valence-corrected chi connectivity index (χ2v) is 8.10. The van der Waals surface area contributed by atoms with Crippen molar-refractivity contribution in [1.82, 2.24) is 0 Å². The molecule has 0 aliphatic heterocycles. The van der Waals surface area contributed by atoms with E-state index in [9.17, 15) is 0 Å². The Labute approximate surface area is 122 Å². The Morgan fingerprint density at radius 2 is 1.68 bits per heavy atom. The molecule has 19 heavy (non-hydrogen) atoms. The maximum atomic E-state index is 4.33. The smallest absolute Gasteiger partial charge is 0.0294 e. The number of rotatable bonds is 6. The predicted molar refractivity (Wildman–Crippen MR) is 87.4 cm³/mol. The molecule has 0 aromatic rings. The molecule has 1 saturated carbocycles. The third-order valence-electron chi connectivity index (χ3n) is 4.77. The summed E-state index contributed by atoms with van der Waals surface area (Å²) in [4.78, 5) is 0. The summed E-state index contributed by atoms with van der Waals surface area (Å²) in [5.74, 6) is 1.84. The SMILES string of the molecule is C=C(CCCC(C)(C)C)CC(C)C1CCCCCC1. The Hall–Kier alpha value is -0.260. The fraction of sp³-hybridized carbons (Fsp3) is 0.895. The van der Waals surface area contributed by atoms with Crippen LogP contribution >= 0.6 is 0 Å². The van der Waals surface area contributed by atoms with Crippen LogP contribution in [0.4, 0.5) is 0 Å². The Morgan fingerprint density at radius 1 is 1.11 bits per heavy atom. The first kappa shape index (κ1) is 16.8. The van der Waals surface area contributed by atoms with Crippen molar-refractivity contribution in [3.05, 3.63) is 12.2 Å². The van der Waals surface area contributed by atoms with Crippen molar-refractivity contribution >= 4 is 0 Å². The summed E-state index contributed by atoms with van der Waals surface area (Å²) in [6.45, 7) is 13.8. The number of hydrogen-bond acceptors (Lipinski definition) is 0. The van der Waals surface area contributed by atoms with E-state index in [1.807, 2.05) is 0 Å². The Balaban J connectivity index is 2.23. The molecule has 1 fully saturated rings. The topological polar surface area (TPSA) is 0 Å². The number of hydrogen-bond donors (Lipinski definition) is 0. The molecule has 0 spiro atoms. The molecule has 0 N–H and O–H groups in total. The van der Waals surface area contributed by atoms with E-state index in [1.165, 1.54) is 69.8 Å². The van der Waals surface area contributed by atoms with Crippen molar-refractivity contribution in [2.24, 2.45) is 17.3 Å². The molecule has 0 nitrogen and oxygen atoms in total. The van der Waals surface area contributed by atoms with E-state index in [0.29, 0.717) is 5.41 Å². The van der Waals surface area contributed by atoms with Crippen molar-refractivity contribution in [2.45, 2.75) is 91.9 Å². The average Bonchev–Trinajstić information content (AvgIpc) is 2.55. The molecular formula is C19H36. The average molecular weight is 264 g/mol. The van der Waals surface area contributed by atoms with Gasteiger partial charge >= 0.3 is 0 Å². The molecular weight excluding hydrogens is 228 g/mol. The molecule has 0 heterocycles. The van der Waals surface area contributed by atoms with Gasteiger partial charge in [0.05, 0.1) is 0 Å². The van der Waals surface area contributed by atoms with E-state index < -0.39 is 0 Å². The Bertz CT molecular complexity index is 248. The minimum Gasteiger partial charge on any atom is -0.0999 e. The lowest BCUT2D eigenvalue weighted by Gasteiger charge is -2.24. The molecule has 1 aliphatic rings. The predicted octanol–water partition coefficient (Wildman–Crippen LogP) is 6.76. The minimum atomic E-state index is 0.479. The van der Waals surface area contributed by atoms with E-state index in [0.717, 1.165) is 11.8 Å². The molecule has 1 rings (SSSR count). The van der Waals surface area contributed by atoms with Crippen molar-refractivity contribution < 1.29 is 0 Å². The summed E-state index contributed by atoms with van der Waals surface area (Å²) >= 11 is 0. The van der Waals surface area contributed by atoms with Crippen LogP contribution in [0.1, 0.15) is 91.9 Å². The summed E-state index contributed by atoms with van der Waals surface area (Å²) < 4.78 is 0. The van der Waals surface area contributed by atoms with Crippen LogP contribution in [0, 0.1) is 17.3 Å². The van der Waals surface area contributed by atoms with Gasteiger partial charge in [-0.05, 0) is 42.9 Å². The minimum absolute atomic E-state index is 0.479. The molecule has 112 valence electrons. The third kappa shape index (κ3) is 7.80. The summed E-state index contributed by atoms with van der Waals surface area (Å²) in [6, 6.07) is 0. The van der Waals surface area contributed by atoms with Crippen LogP contribution in [0.25, 0.3) is 0 Å². The highest BCUT2D eigenvalue weighted by atomic mass is 14.2. The van der Waals surface area contributed by atoms with Gasteiger partial charge in [0, 0.05) is 0 Å². The molecule has 0 radical (unpaired) electrons. The highest BCUT2D eigenvalue weighted by Gasteiger charge is 2.19. The van der Waals surface area contributed by atoms with Gasteiger partial charge in [-0.1, -0.05) is 78.4 Å². The van der Waals surface area contributed by atoms with Crippen molar-refractivity contribution in [1.29, 1.82) is 0 Å². The van der Waals surface area contributed by atoms with Gasteiger partial charge < -0.3 is 0 Å². The van der Waals surface area contributed by atoms with Crippen LogP contribution in [0.3, 0.4) is 0 Å². The molecule has 0 amide bonds. The Kier molecular flexibility index (Phi) is 7.18. The second-order valence-electron chi connectivity index (χ2n) is 8.10. The zero-order valence-corrected chi connectivity index (χ0v) is 13.9. The van der Waals surface area contributed by atoms with Crippen LogP contribution in [0.2, 0.25) is 0 Å². The quantitative estimate of drug-likeness (QED) is 0.367. The molecule has 0 bridgehead atoms. The van der Waals surface area contributed by atoms with Gasteiger partial charge in [-0.2, -0.15) is 0 Å². The first-order valence-electron chi connectivity index (χ1n) is 8.55. The van der Waals surface area contributed by atoms with Gasteiger partial charge in [0.25, 0.3) is 0 Å². The van der Waals surface area contributed by atoms with Gasteiger partial charge in [0.2, 0.25) is 0 Å². The maximum absolute atomic E-state index is 4.33. The van der Waals surface area contributed by atoms with Crippen LogP contribution in [-0.4, -0.2) is 0 Å². The largest absolute Gasteiger partial charge is 0.0999 e. The lowest BCUT2D eigenvalue weighted by molar-refractivity contribution is 0.313. The molecule has 1 aliphatic carbocycles. The summed E-state index contributed by atoms with van der Waals surface area (Å²) in [5, 5.41) is 0. The van der Waals surface area contributed by atoms with Gasteiger partial charge in [0.1, 0.15) is 0 Å². The number of allylic oxidation sites excluding steroid dienone is 1. The Morgan fingerprint density at radius 3 is 2.21 bits per heavy atom. The lowest BCUT2D eigenvalue weighted by atomic mass is 9.82. The van der Waals surface area contributed by atoms with E-state index in [-0.39, 0.29) is 0 Å². The highest BCUT2D eigenvalue weighted by molar-refractivity contribution is 4.96. The maximum Gasteiger partial charge on any atom is -0.0294 e. The summed E-state index contributed by atoms with van der Waals surface area (Å²) in [5.41, 5.74) is 1.98. The van der Waals surface area contributed by atoms with E-state index in [2.05, 4.69) is 34.3 Å². The van der Waals surface area contributed by atoms with Crippen LogP contribution < -0.4 is 0 Å². The monoisotopic (exact) mass is 264 g/mol. The molecule has 1 atom stereocenters. The van der Waals surface area contributed by atoms with Gasteiger partial charge in [-0.3, -0.25) is 0 Å². The fourth-order valence-electron chi connectivity index (χ4n) is 3.47. The molecule has 1 unspecified atom stereocenters. The normalized spacial score (nSPS) is 20.0. The van der Waals surface area contributed by atoms with Crippen molar-refractivity contribution in [2.75, 3.05) is 0 Å². The molecule has 0 aromatic carbocycles. The van der Waals surface area contributed by atoms with E-state index >= 15 is 0 Å². The molecule has 0 aromatic heterocycles. The van der Waals surface area contributed by atoms with Gasteiger partial charge in [-0.15, -0.1) is 0 Å². The summed E-state index contributed by atoms with van der Waals surface area (Å²) in [7, 11) is 0. The first-order valence-corrected chi connectivity index (χ1v) is 8.55. The molecule has 0 saturated heterocycles. The zero-order chi connectivity index (χ0) is 14.3. The van der Waals surface area contributed by atoms with Crippen LogP contribution in [0.15, 0.2) is 12.2 Å². The zero-order valence-electron chi connectivity index (χ0n) is 13.9. The standard InChI is InChI=1S/C19H36/c1-16(11-10-14-19(3,4)5)15-17(2)18-12-8-6-7-9-13-18/h17-18H,1,6-15H2,2-5H3. The van der Waals surface area contributed by atoms with Crippen molar-refractivity contribution in [3.63, 3.8) is 0 Å².